The van der Waals surface area contributed by atoms with Gasteiger partial charge in [0.25, 0.3) is 0 Å². The molecule has 0 spiro atoms. The van der Waals surface area contributed by atoms with Crippen LogP contribution in [0.15, 0.2) is 133 Å². The fraction of sp³-hybridized carbons (Fsp3) is 0.549. The van der Waals surface area contributed by atoms with Gasteiger partial charge in [0.2, 0.25) is 0 Å². The van der Waals surface area contributed by atoms with Gasteiger partial charge in [-0.1, -0.05) is 245 Å². The lowest BCUT2D eigenvalue weighted by molar-refractivity contribution is -0.187. The second kappa shape index (κ2) is 52.9. The average Bonchev–Trinajstić information content (AvgIpc) is 0.835. The van der Waals surface area contributed by atoms with E-state index in [9.17, 15) is 0 Å². The first-order chi connectivity index (χ1) is 50.7. The standard InChI is InChI=1S/C12H12.3C10H14.2C9H12.C8H16.C8H10.2C7H14O.2C6H12O2/c1-9-3-5-12-8-10(2)4-6-11(12)7-9;2*1-7-5-8(2)10(4)9(3)6-7;1-7-5-6-8(2)10(4)9(7)3;2*1-7-4-5-8(2)9(3)6-7;2*1-7-3-5-8(2)6-4-7;2*1-6-3-4-7(2)8-5-6;2*1-5-3-7-6(2)8-4-5/h3-8H,1-2H3;3*5-6H,1-4H3;2*4-6H,1-3H3;7-8H,3-6H2,1-2H3;3-6H,1-2H3;2*6-7H,3-5H2,1-2H3;2*5-6H,3-4H2,1-2H3/t;;;;;;;;2*6-,7+;;/m........10../s1. The molecule has 5 fully saturated rings. The van der Waals surface area contributed by atoms with Gasteiger partial charge in [-0.3, -0.25) is 0 Å². The maximum atomic E-state index is 5.39. The minimum Gasteiger partial charge on any atom is -0.378 e. The molecule has 0 aromatic heterocycles. The number of ether oxygens (including phenoxy) is 6. The van der Waals surface area contributed by atoms with Crippen molar-refractivity contribution in [3.05, 3.63) is 256 Å². The highest BCUT2D eigenvalue weighted by Crippen LogP contribution is 2.28. The lowest BCUT2D eigenvalue weighted by Crippen LogP contribution is -2.27. The highest BCUT2D eigenvalue weighted by molar-refractivity contribution is 5.83. The van der Waals surface area contributed by atoms with E-state index in [2.05, 4.69) is 341 Å². The summed E-state index contributed by atoms with van der Waals surface area (Å²) < 4.78 is 31.5. The Morgan fingerprint density at radius 3 is 0.657 bits per heavy atom. The Balaban J connectivity index is 0.000000401. The molecular formula is C102H156O6. The molecule has 8 aromatic carbocycles. The number of hydrogen-bond acceptors (Lipinski definition) is 6. The fourth-order valence-electron chi connectivity index (χ4n) is 12.3. The number of fused-ring (bicyclic) bond motifs is 1. The van der Waals surface area contributed by atoms with Gasteiger partial charge < -0.3 is 28.4 Å². The molecule has 0 N–H and O–H groups in total. The molecule has 8 aromatic rings. The summed E-state index contributed by atoms with van der Waals surface area (Å²) in [5.74, 6) is 4.78. The van der Waals surface area contributed by atoms with E-state index in [1.54, 1.807) is 0 Å². The maximum absolute atomic E-state index is 5.39. The van der Waals surface area contributed by atoms with Crippen LogP contribution in [0.2, 0.25) is 0 Å². The molecule has 6 heteroatoms. The van der Waals surface area contributed by atoms with Gasteiger partial charge in [-0.15, -0.1) is 0 Å². The van der Waals surface area contributed by atoms with Crippen molar-refractivity contribution < 1.29 is 28.4 Å². The minimum absolute atomic E-state index is 0.0196. The van der Waals surface area contributed by atoms with Crippen LogP contribution in [0.3, 0.4) is 0 Å². The Morgan fingerprint density at radius 1 is 0.185 bits per heavy atom. The molecule has 4 aliphatic heterocycles. The van der Waals surface area contributed by atoms with Gasteiger partial charge >= 0.3 is 0 Å². The number of aryl methyl sites for hydroxylation is 18. The molecule has 1 saturated carbocycles. The van der Waals surface area contributed by atoms with E-state index in [0.29, 0.717) is 24.0 Å². The van der Waals surface area contributed by atoms with Crippen molar-refractivity contribution >= 4 is 10.8 Å². The van der Waals surface area contributed by atoms with Crippen LogP contribution in [0.1, 0.15) is 243 Å². The summed E-state index contributed by atoms with van der Waals surface area (Å²) in [6.07, 6.45) is 12.2. The van der Waals surface area contributed by atoms with Gasteiger partial charge in [0, 0.05) is 25.0 Å². The van der Waals surface area contributed by atoms with Crippen LogP contribution >= 0.6 is 0 Å². The molecule has 1 aliphatic carbocycles. The predicted octanol–water partition coefficient (Wildman–Crippen LogP) is 28.3. The summed E-state index contributed by atoms with van der Waals surface area (Å²) in [5, 5.41) is 2.67. The molecule has 6 nitrogen and oxygen atoms in total. The first kappa shape index (κ1) is 97.9. The molecular weight excluding hydrogens is 1320 g/mol. The van der Waals surface area contributed by atoms with Gasteiger partial charge in [0.15, 0.2) is 12.6 Å². The van der Waals surface area contributed by atoms with E-state index in [1.165, 1.54) is 185 Å². The van der Waals surface area contributed by atoms with Crippen molar-refractivity contribution in [3.63, 3.8) is 0 Å². The second-order valence-corrected chi connectivity index (χ2v) is 33.4. The lowest BCUT2D eigenvalue weighted by atomic mass is 9.84. The summed E-state index contributed by atoms with van der Waals surface area (Å²) in [5.41, 5.74) is 30.3. The van der Waals surface area contributed by atoms with Gasteiger partial charge in [-0.25, -0.2) is 0 Å². The quantitative estimate of drug-likeness (QED) is 0.151. The molecule has 4 atom stereocenters. The first-order valence-corrected chi connectivity index (χ1v) is 41.1. The van der Waals surface area contributed by atoms with Crippen LogP contribution in [-0.4, -0.2) is 64.4 Å². The zero-order valence-electron chi connectivity index (χ0n) is 74.8. The van der Waals surface area contributed by atoms with Crippen LogP contribution in [-0.2, 0) is 28.4 Å². The molecule has 0 radical (unpaired) electrons. The Hall–Kier alpha value is -6.22. The van der Waals surface area contributed by atoms with Crippen molar-refractivity contribution in [1.82, 2.24) is 0 Å². The highest BCUT2D eigenvalue weighted by Gasteiger charge is 2.17. The molecule has 0 amide bonds. The van der Waals surface area contributed by atoms with Gasteiger partial charge in [-0.05, 0) is 318 Å². The van der Waals surface area contributed by atoms with Crippen molar-refractivity contribution in [1.29, 1.82) is 0 Å². The zero-order chi connectivity index (χ0) is 81.3. The van der Waals surface area contributed by atoms with E-state index in [1.807, 2.05) is 13.8 Å². The third kappa shape index (κ3) is 42.8. The van der Waals surface area contributed by atoms with E-state index in [4.69, 9.17) is 28.4 Å². The van der Waals surface area contributed by atoms with Gasteiger partial charge in [0.1, 0.15) is 0 Å². The summed E-state index contributed by atoms with van der Waals surface area (Å²) in [4.78, 5) is 0. The summed E-state index contributed by atoms with van der Waals surface area (Å²) in [7, 11) is 0. The zero-order valence-corrected chi connectivity index (χ0v) is 74.8. The minimum atomic E-state index is 0.0196. The normalized spacial score (nSPS) is 21.0. The molecule has 0 unspecified atom stereocenters. The molecule has 4 heterocycles. The Bertz CT molecular complexity index is 3330. The predicted molar refractivity (Wildman–Crippen MR) is 472 cm³/mol. The molecule has 0 bridgehead atoms. The van der Waals surface area contributed by atoms with Crippen LogP contribution < -0.4 is 0 Å². The Kier molecular flexibility index (Phi) is 47.9. The third-order valence-corrected chi connectivity index (χ3v) is 21.4. The molecule has 4 saturated heterocycles. The van der Waals surface area contributed by atoms with E-state index >= 15 is 0 Å². The number of hydrogen-bond donors (Lipinski definition) is 0. The largest absolute Gasteiger partial charge is 0.378 e. The Morgan fingerprint density at radius 2 is 0.417 bits per heavy atom. The lowest BCUT2D eigenvalue weighted by Gasteiger charge is -2.24. The van der Waals surface area contributed by atoms with Crippen LogP contribution in [0, 0.1) is 188 Å². The summed E-state index contributed by atoms with van der Waals surface area (Å²) in [6, 6.07) is 47.8. The second-order valence-electron chi connectivity index (χ2n) is 33.4. The highest BCUT2D eigenvalue weighted by atomic mass is 16.7. The van der Waals surface area contributed by atoms with Crippen molar-refractivity contribution in [2.24, 2.45) is 35.5 Å². The van der Waals surface area contributed by atoms with Crippen LogP contribution in [0.4, 0.5) is 0 Å². The molecule has 13 rings (SSSR count). The van der Waals surface area contributed by atoms with Crippen molar-refractivity contribution in [2.45, 2.75) is 298 Å². The third-order valence-electron chi connectivity index (χ3n) is 21.4. The smallest absolute Gasteiger partial charge is 0.154 e. The first-order valence-electron chi connectivity index (χ1n) is 41.1. The maximum Gasteiger partial charge on any atom is 0.154 e. The SMILES string of the molecule is CC1CCC(C)CC1.CC1COC(C)OC1.CC1COC(C)OC1.C[C@@H]1CC[C@H](C)OC1.C[C@H]1CC[C@@H](C)OC1.Cc1cc(C)c(C)c(C)c1.Cc1cc(C)c(C)c(C)c1.Cc1ccc(C)c(C)c1.Cc1ccc(C)c(C)c1.Cc1ccc(C)c(C)c1C.Cc1ccc(C)cc1.Cc1ccc2cc(C)ccc2c1. The number of benzene rings is 8. The van der Waals surface area contributed by atoms with Crippen molar-refractivity contribution in [2.75, 3.05) is 39.6 Å². The van der Waals surface area contributed by atoms with E-state index in [0.717, 1.165) is 63.3 Å². The molecule has 600 valence electrons. The average molecular weight is 1480 g/mol. The van der Waals surface area contributed by atoms with E-state index < -0.39 is 0 Å². The van der Waals surface area contributed by atoms with E-state index in [-0.39, 0.29) is 12.6 Å². The van der Waals surface area contributed by atoms with Crippen LogP contribution in [0.5, 0.6) is 0 Å². The molecule has 5 aliphatic rings. The fourth-order valence-corrected chi connectivity index (χ4v) is 12.3. The number of rotatable bonds is 0. The summed E-state index contributed by atoms with van der Waals surface area (Å²) >= 11 is 0. The molecule has 108 heavy (non-hydrogen) atoms. The monoisotopic (exact) mass is 1480 g/mol. The van der Waals surface area contributed by atoms with Crippen LogP contribution in [0.25, 0.3) is 10.8 Å². The van der Waals surface area contributed by atoms with Crippen molar-refractivity contribution in [3.8, 4) is 0 Å². The topological polar surface area (TPSA) is 55.4 Å². The summed E-state index contributed by atoms with van der Waals surface area (Å²) in [6.45, 7) is 74.1. The van der Waals surface area contributed by atoms with Gasteiger partial charge in [0.05, 0.1) is 38.6 Å². The van der Waals surface area contributed by atoms with Gasteiger partial charge in [-0.2, -0.15) is 0 Å². The Labute approximate surface area is 664 Å².